The summed E-state index contributed by atoms with van der Waals surface area (Å²) in [5.74, 6) is -0.145. The lowest BCUT2D eigenvalue weighted by Gasteiger charge is -2.02. The lowest BCUT2D eigenvalue weighted by atomic mass is 10.0. The predicted octanol–water partition coefficient (Wildman–Crippen LogP) is 3.75. The van der Waals surface area contributed by atoms with Crippen molar-refractivity contribution in [3.8, 4) is 0 Å². The molecule has 0 spiro atoms. The molecule has 0 aliphatic rings. The number of halogens is 1. The van der Waals surface area contributed by atoms with Crippen LogP contribution >= 0.6 is 0 Å². The lowest BCUT2D eigenvalue weighted by Crippen LogP contribution is -1.85. The van der Waals surface area contributed by atoms with E-state index in [2.05, 4.69) is 6.92 Å². The molecule has 0 fully saturated rings. The molecule has 0 unspecified atom stereocenters. The monoisotopic (exact) mass is 187 g/mol. The normalized spacial score (nSPS) is 10.7. The summed E-state index contributed by atoms with van der Waals surface area (Å²) in [6.07, 6.45) is 1.75. The second kappa shape index (κ2) is 3.79. The van der Waals surface area contributed by atoms with Crippen LogP contribution in [0, 0.1) is 12.7 Å². The molecule has 1 radical (unpaired) electrons. The minimum absolute atomic E-state index is 0.145. The first-order valence-electron chi connectivity index (χ1n) is 4.77. The molecule has 14 heavy (non-hydrogen) atoms. The van der Waals surface area contributed by atoms with Gasteiger partial charge in [-0.15, -0.1) is 0 Å². The van der Waals surface area contributed by atoms with E-state index in [0.717, 1.165) is 23.8 Å². The smallest absolute Gasteiger partial charge is 0.131 e. The highest BCUT2D eigenvalue weighted by Gasteiger charge is 2.00. The van der Waals surface area contributed by atoms with Crippen molar-refractivity contribution in [3.63, 3.8) is 0 Å². The van der Waals surface area contributed by atoms with E-state index in [1.807, 2.05) is 24.3 Å². The maximum atomic E-state index is 13.4. The Morgan fingerprint density at radius 3 is 2.79 bits per heavy atom. The molecule has 2 rings (SSSR count). The topological polar surface area (TPSA) is 0 Å². The fourth-order valence-corrected chi connectivity index (χ4v) is 1.64. The lowest BCUT2D eigenvalue weighted by molar-refractivity contribution is 0.639. The summed E-state index contributed by atoms with van der Waals surface area (Å²) in [7, 11) is 0. The van der Waals surface area contributed by atoms with Gasteiger partial charge in [-0.3, -0.25) is 0 Å². The predicted molar refractivity (Wildman–Crippen MR) is 57.6 cm³/mol. The molecule has 0 aliphatic carbocycles. The third-order valence-corrected chi connectivity index (χ3v) is 2.36. The Hall–Kier alpha value is -1.37. The summed E-state index contributed by atoms with van der Waals surface area (Å²) < 4.78 is 13.4. The van der Waals surface area contributed by atoms with Crippen molar-refractivity contribution in [1.82, 2.24) is 0 Å². The third-order valence-electron chi connectivity index (χ3n) is 2.36. The van der Waals surface area contributed by atoms with Crippen molar-refractivity contribution in [1.29, 1.82) is 0 Å². The fraction of sp³-hybridized carbons (Fsp3) is 0.154. The van der Waals surface area contributed by atoms with Gasteiger partial charge in [0.15, 0.2) is 0 Å². The van der Waals surface area contributed by atoms with E-state index in [1.54, 1.807) is 6.07 Å². The molecule has 0 heterocycles. The number of hydrogen-bond donors (Lipinski definition) is 0. The highest BCUT2D eigenvalue weighted by Crippen LogP contribution is 2.19. The van der Waals surface area contributed by atoms with E-state index >= 15 is 0 Å². The summed E-state index contributed by atoms with van der Waals surface area (Å²) in [5, 5.41) is 1.66. The van der Waals surface area contributed by atoms with E-state index in [0.29, 0.717) is 5.39 Å². The van der Waals surface area contributed by atoms with Crippen LogP contribution in [-0.4, -0.2) is 0 Å². The highest BCUT2D eigenvalue weighted by atomic mass is 19.1. The number of aryl methyl sites for hydroxylation is 1. The second-order valence-electron chi connectivity index (χ2n) is 3.40. The van der Waals surface area contributed by atoms with Crippen molar-refractivity contribution in [3.05, 3.63) is 54.7 Å². The first kappa shape index (κ1) is 9.20. The van der Waals surface area contributed by atoms with Gasteiger partial charge in [-0.1, -0.05) is 31.2 Å². The molecule has 2 aromatic carbocycles. The van der Waals surface area contributed by atoms with Crippen molar-refractivity contribution in [2.45, 2.75) is 12.8 Å². The molecular weight excluding hydrogens is 175 g/mol. The number of fused-ring (bicyclic) bond motifs is 1. The summed E-state index contributed by atoms with van der Waals surface area (Å²) >= 11 is 0. The summed E-state index contributed by atoms with van der Waals surface area (Å²) in [6.45, 7) is 3.79. The Morgan fingerprint density at radius 2 is 2.00 bits per heavy atom. The molecule has 2 aromatic rings. The zero-order chi connectivity index (χ0) is 9.97. The number of rotatable bonds is 2. The van der Waals surface area contributed by atoms with Gasteiger partial charge in [0, 0.05) is 5.39 Å². The zero-order valence-electron chi connectivity index (χ0n) is 7.96. The molecule has 71 valence electrons. The highest BCUT2D eigenvalue weighted by molar-refractivity contribution is 5.83. The first-order chi connectivity index (χ1) is 6.81. The molecule has 0 N–H and O–H groups in total. The van der Waals surface area contributed by atoms with E-state index in [-0.39, 0.29) is 5.82 Å². The van der Waals surface area contributed by atoms with Crippen LogP contribution in [0.2, 0.25) is 0 Å². The summed E-state index contributed by atoms with van der Waals surface area (Å²) in [6, 6.07) is 11.1. The van der Waals surface area contributed by atoms with Crippen LogP contribution < -0.4 is 0 Å². The van der Waals surface area contributed by atoms with Crippen LogP contribution in [0.15, 0.2) is 36.4 Å². The van der Waals surface area contributed by atoms with Crippen molar-refractivity contribution in [2.75, 3.05) is 0 Å². The van der Waals surface area contributed by atoms with Crippen LogP contribution in [-0.2, 0) is 6.42 Å². The molecule has 0 nitrogen and oxygen atoms in total. The summed E-state index contributed by atoms with van der Waals surface area (Å²) in [4.78, 5) is 0. The molecule has 0 aliphatic heterocycles. The largest absolute Gasteiger partial charge is 0.206 e. The van der Waals surface area contributed by atoms with E-state index in [9.17, 15) is 4.39 Å². The van der Waals surface area contributed by atoms with Crippen LogP contribution in [0.3, 0.4) is 0 Å². The van der Waals surface area contributed by atoms with Gasteiger partial charge in [0.2, 0.25) is 0 Å². The van der Waals surface area contributed by atoms with Gasteiger partial charge in [0.25, 0.3) is 0 Å². The van der Waals surface area contributed by atoms with Gasteiger partial charge in [0.1, 0.15) is 5.82 Å². The first-order valence-corrected chi connectivity index (χ1v) is 4.77. The Bertz CT molecular complexity index is 446. The number of hydrogen-bond acceptors (Lipinski definition) is 0. The Labute approximate surface area is 83.4 Å². The Kier molecular flexibility index (Phi) is 2.49. The fourth-order valence-electron chi connectivity index (χ4n) is 1.64. The minimum Gasteiger partial charge on any atom is -0.206 e. The van der Waals surface area contributed by atoms with Crippen LogP contribution in [0.5, 0.6) is 0 Å². The molecular formula is C13H12F. The van der Waals surface area contributed by atoms with Gasteiger partial charge >= 0.3 is 0 Å². The Morgan fingerprint density at radius 1 is 1.14 bits per heavy atom. The van der Waals surface area contributed by atoms with Gasteiger partial charge in [0.05, 0.1) is 0 Å². The zero-order valence-corrected chi connectivity index (χ0v) is 7.96. The minimum atomic E-state index is -0.145. The maximum absolute atomic E-state index is 13.4. The van der Waals surface area contributed by atoms with Crippen LogP contribution in [0.25, 0.3) is 10.8 Å². The van der Waals surface area contributed by atoms with Crippen LogP contribution in [0.1, 0.15) is 12.0 Å². The molecule has 0 bridgehead atoms. The standard InChI is InChI=1S/C13H12F/c1-2-4-10-7-8-11-5-3-6-13(14)12(11)9-10/h3,5-9H,1-2,4H2. The van der Waals surface area contributed by atoms with Crippen molar-refractivity contribution >= 4 is 10.8 Å². The van der Waals surface area contributed by atoms with Crippen molar-refractivity contribution < 1.29 is 4.39 Å². The van der Waals surface area contributed by atoms with Crippen molar-refractivity contribution in [2.24, 2.45) is 0 Å². The molecule has 0 saturated heterocycles. The second-order valence-corrected chi connectivity index (χ2v) is 3.40. The van der Waals surface area contributed by atoms with E-state index in [4.69, 9.17) is 0 Å². The molecule has 0 aromatic heterocycles. The Balaban J connectivity index is 2.58. The SMILES string of the molecule is [CH2]CCc1ccc2cccc(F)c2c1. The van der Waals surface area contributed by atoms with Gasteiger partial charge in [-0.25, -0.2) is 4.39 Å². The van der Waals surface area contributed by atoms with E-state index in [1.165, 1.54) is 6.07 Å². The van der Waals surface area contributed by atoms with Gasteiger partial charge in [-0.2, -0.15) is 0 Å². The van der Waals surface area contributed by atoms with E-state index < -0.39 is 0 Å². The number of benzene rings is 2. The van der Waals surface area contributed by atoms with Gasteiger partial charge in [-0.05, 0) is 35.9 Å². The van der Waals surface area contributed by atoms with Gasteiger partial charge < -0.3 is 0 Å². The molecule has 0 saturated carbocycles. The molecule has 0 atom stereocenters. The van der Waals surface area contributed by atoms with Crippen LogP contribution in [0.4, 0.5) is 4.39 Å². The molecule has 1 heteroatoms. The average molecular weight is 187 g/mol. The average Bonchev–Trinajstić information content (AvgIpc) is 2.20. The quantitative estimate of drug-likeness (QED) is 0.671. The maximum Gasteiger partial charge on any atom is 0.131 e. The molecule has 0 amide bonds. The third kappa shape index (κ3) is 1.63. The summed E-state index contributed by atoms with van der Waals surface area (Å²) in [5.41, 5.74) is 1.15.